The van der Waals surface area contributed by atoms with Crippen LogP contribution in [0, 0.1) is 5.92 Å². The zero-order chi connectivity index (χ0) is 19.8. The Labute approximate surface area is 169 Å². The van der Waals surface area contributed by atoms with Crippen molar-refractivity contribution in [3.63, 3.8) is 0 Å². The molecule has 0 aliphatic carbocycles. The maximum Gasteiger partial charge on any atom is 0.315 e. The third kappa shape index (κ3) is 6.40. The fourth-order valence-corrected chi connectivity index (χ4v) is 3.34. The summed E-state index contributed by atoms with van der Waals surface area (Å²) in [5.41, 5.74) is 1.99. The van der Waals surface area contributed by atoms with Gasteiger partial charge in [-0.05, 0) is 30.0 Å². The smallest absolute Gasteiger partial charge is 0.315 e. The molecule has 0 aromatic heterocycles. The number of urea groups is 1. The van der Waals surface area contributed by atoms with Crippen LogP contribution in [0.4, 0.5) is 4.79 Å². The molecule has 5 nitrogen and oxygen atoms in total. The number of nitrogens with one attached hydrogen (secondary N) is 3. The zero-order valence-corrected chi connectivity index (χ0v) is 17.4. The lowest BCUT2D eigenvalue weighted by atomic mass is 10.0. The van der Waals surface area contributed by atoms with Gasteiger partial charge in [-0.15, -0.1) is 0 Å². The number of hydrogen-bond donors (Lipinski definition) is 3. The molecular weight excluding hydrogens is 406 g/mol. The third-order valence-corrected chi connectivity index (χ3v) is 4.98. The van der Waals surface area contributed by atoms with Crippen LogP contribution in [0.5, 0.6) is 0 Å². The maximum absolute atomic E-state index is 12.7. The first-order valence-corrected chi connectivity index (χ1v) is 9.81. The van der Waals surface area contributed by atoms with Gasteiger partial charge in [-0.3, -0.25) is 4.79 Å². The summed E-state index contributed by atoms with van der Waals surface area (Å²) in [7, 11) is 0. The van der Waals surface area contributed by atoms with Gasteiger partial charge in [-0.2, -0.15) is 0 Å². The maximum atomic E-state index is 12.7. The van der Waals surface area contributed by atoms with Gasteiger partial charge in [0.05, 0.1) is 6.04 Å². The minimum absolute atomic E-state index is 0.0427. The molecule has 27 heavy (non-hydrogen) atoms. The molecule has 0 heterocycles. The molecule has 0 aliphatic rings. The average Bonchev–Trinajstić information content (AvgIpc) is 2.65. The van der Waals surface area contributed by atoms with E-state index in [0.29, 0.717) is 6.54 Å². The van der Waals surface area contributed by atoms with Crippen LogP contribution in [0.1, 0.15) is 37.9 Å². The summed E-state index contributed by atoms with van der Waals surface area (Å²) in [4.78, 5) is 25.0. The van der Waals surface area contributed by atoms with E-state index in [9.17, 15) is 9.59 Å². The van der Waals surface area contributed by atoms with Crippen molar-refractivity contribution < 1.29 is 9.59 Å². The van der Waals surface area contributed by atoms with E-state index in [1.54, 1.807) is 0 Å². The molecule has 0 spiro atoms. The first kappa shape index (κ1) is 21.0. The van der Waals surface area contributed by atoms with Gasteiger partial charge < -0.3 is 16.0 Å². The van der Waals surface area contributed by atoms with E-state index in [2.05, 4.69) is 31.9 Å². The van der Waals surface area contributed by atoms with E-state index in [-0.39, 0.29) is 23.9 Å². The Balaban J connectivity index is 1.94. The highest BCUT2D eigenvalue weighted by molar-refractivity contribution is 9.10. The van der Waals surface area contributed by atoms with Crippen molar-refractivity contribution in [2.75, 3.05) is 0 Å². The highest BCUT2D eigenvalue weighted by Crippen LogP contribution is 2.23. The SMILES string of the molecule is CC(NC(=O)C(NC(=O)NCc1ccccc1)C(C)C)c1ccccc1Br. The number of hydrogen-bond acceptors (Lipinski definition) is 2. The Morgan fingerprint density at radius 1 is 0.926 bits per heavy atom. The second kappa shape index (κ2) is 10.1. The van der Waals surface area contributed by atoms with Crippen LogP contribution in [-0.4, -0.2) is 18.0 Å². The van der Waals surface area contributed by atoms with Gasteiger partial charge in [0.2, 0.25) is 5.91 Å². The molecule has 2 atom stereocenters. The number of amides is 3. The summed E-state index contributed by atoms with van der Waals surface area (Å²) in [6.07, 6.45) is 0. The Kier molecular flexibility index (Phi) is 7.85. The molecule has 0 saturated heterocycles. The molecule has 3 amide bonds. The Bertz CT molecular complexity index is 765. The normalized spacial score (nSPS) is 12.9. The molecule has 0 bridgehead atoms. The minimum atomic E-state index is -0.620. The second-order valence-electron chi connectivity index (χ2n) is 6.79. The van der Waals surface area contributed by atoms with Crippen molar-refractivity contribution in [2.24, 2.45) is 5.92 Å². The quantitative estimate of drug-likeness (QED) is 0.615. The van der Waals surface area contributed by atoms with Crippen LogP contribution >= 0.6 is 15.9 Å². The summed E-state index contributed by atoms with van der Waals surface area (Å²) < 4.78 is 0.937. The number of carbonyl (C=O) groups is 2. The lowest BCUT2D eigenvalue weighted by Gasteiger charge is -2.24. The van der Waals surface area contributed by atoms with Crippen molar-refractivity contribution in [3.05, 3.63) is 70.2 Å². The molecule has 2 unspecified atom stereocenters. The second-order valence-corrected chi connectivity index (χ2v) is 7.64. The number of rotatable bonds is 7. The molecule has 0 saturated carbocycles. The van der Waals surface area contributed by atoms with Gasteiger partial charge in [-0.1, -0.05) is 78.3 Å². The van der Waals surface area contributed by atoms with E-state index in [1.165, 1.54) is 0 Å². The predicted octanol–water partition coefficient (Wildman–Crippen LogP) is 4.15. The van der Waals surface area contributed by atoms with Crippen LogP contribution < -0.4 is 16.0 Å². The molecule has 6 heteroatoms. The standard InChI is InChI=1S/C21H26BrN3O2/c1-14(2)19(25-21(27)23-13-16-9-5-4-6-10-16)20(26)24-15(3)17-11-7-8-12-18(17)22/h4-12,14-15,19H,13H2,1-3H3,(H,24,26)(H2,23,25,27). The van der Waals surface area contributed by atoms with Crippen molar-refractivity contribution in [3.8, 4) is 0 Å². The van der Waals surface area contributed by atoms with Gasteiger partial charge in [0.15, 0.2) is 0 Å². The molecule has 2 rings (SSSR count). The number of carbonyl (C=O) groups excluding carboxylic acids is 2. The Hall–Kier alpha value is -2.34. The van der Waals surface area contributed by atoms with Gasteiger partial charge >= 0.3 is 6.03 Å². The van der Waals surface area contributed by atoms with E-state index in [0.717, 1.165) is 15.6 Å². The van der Waals surface area contributed by atoms with Crippen molar-refractivity contribution in [1.82, 2.24) is 16.0 Å². The molecule has 0 aliphatic heterocycles. The zero-order valence-electron chi connectivity index (χ0n) is 15.8. The van der Waals surface area contributed by atoms with Crippen LogP contribution in [0.3, 0.4) is 0 Å². The fourth-order valence-electron chi connectivity index (χ4n) is 2.71. The van der Waals surface area contributed by atoms with Crippen molar-refractivity contribution in [2.45, 2.75) is 39.4 Å². The topological polar surface area (TPSA) is 70.2 Å². The first-order valence-electron chi connectivity index (χ1n) is 9.01. The Morgan fingerprint density at radius 2 is 1.56 bits per heavy atom. The molecule has 0 radical (unpaired) electrons. The van der Waals surface area contributed by atoms with Gasteiger partial charge in [-0.25, -0.2) is 4.79 Å². The van der Waals surface area contributed by atoms with Crippen LogP contribution in [0.15, 0.2) is 59.1 Å². The monoisotopic (exact) mass is 431 g/mol. The summed E-state index contributed by atoms with van der Waals surface area (Å²) in [6, 6.07) is 16.2. The van der Waals surface area contributed by atoms with Crippen LogP contribution in [-0.2, 0) is 11.3 Å². The molecule has 144 valence electrons. The summed E-state index contributed by atoms with van der Waals surface area (Å²) in [5, 5.41) is 8.57. The summed E-state index contributed by atoms with van der Waals surface area (Å²) >= 11 is 3.50. The Morgan fingerprint density at radius 3 is 2.19 bits per heavy atom. The minimum Gasteiger partial charge on any atom is -0.348 e. The molecule has 2 aromatic carbocycles. The molecule has 3 N–H and O–H groups in total. The lowest BCUT2D eigenvalue weighted by Crippen LogP contribution is -2.52. The van der Waals surface area contributed by atoms with Crippen LogP contribution in [0.2, 0.25) is 0 Å². The van der Waals surface area contributed by atoms with Gasteiger partial charge in [0.25, 0.3) is 0 Å². The van der Waals surface area contributed by atoms with Crippen molar-refractivity contribution >= 4 is 27.9 Å². The lowest BCUT2D eigenvalue weighted by molar-refractivity contribution is -0.124. The molecule has 2 aromatic rings. The van der Waals surface area contributed by atoms with E-state index < -0.39 is 6.04 Å². The highest BCUT2D eigenvalue weighted by Gasteiger charge is 2.25. The van der Waals surface area contributed by atoms with Crippen LogP contribution in [0.25, 0.3) is 0 Å². The van der Waals surface area contributed by atoms with E-state index >= 15 is 0 Å². The van der Waals surface area contributed by atoms with Crippen molar-refractivity contribution in [1.29, 1.82) is 0 Å². The number of halogens is 1. The first-order chi connectivity index (χ1) is 12.9. The van der Waals surface area contributed by atoms with E-state index in [1.807, 2.05) is 75.4 Å². The average molecular weight is 432 g/mol. The van der Waals surface area contributed by atoms with Gasteiger partial charge in [0.1, 0.15) is 6.04 Å². The predicted molar refractivity (Wildman–Crippen MR) is 111 cm³/mol. The van der Waals surface area contributed by atoms with E-state index in [4.69, 9.17) is 0 Å². The van der Waals surface area contributed by atoms with Gasteiger partial charge in [0, 0.05) is 11.0 Å². The largest absolute Gasteiger partial charge is 0.348 e. The summed E-state index contributed by atoms with van der Waals surface area (Å²) in [6.45, 7) is 6.15. The number of benzene rings is 2. The third-order valence-electron chi connectivity index (χ3n) is 4.26. The highest BCUT2D eigenvalue weighted by atomic mass is 79.9. The molecular formula is C21H26BrN3O2. The fraction of sp³-hybridized carbons (Fsp3) is 0.333. The molecule has 0 fully saturated rings. The summed E-state index contributed by atoms with van der Waals surface area (Å²) in [5.74, 6) is -0.248.